The van der Waals surface area contributed by atoms with Gasteiger partial charge in [-0.2, -0.15) is 0 Å². The molecule has 0 spiro atoms. The molecule has 0 radical (unpaired) electrons. The first-order valence-electron chi connectivity index (χ1n) is 6.89. The summed E-state index contributed by atoms with van der Waals surface area (Å²) in [6.07, 6.45) is 4.01. The molecule has 1 fully saturated rings. The summed E-state index contributed by atoms with van der Waals surface area (Å²) in [6, 6.07) is 9.54. The number of nitrogens with zero attached hydrogens (tertiary/aromatic N) is 1. The van der Waals surface area contributed by atoms with Gasteiger partial charge in [-0.15, -0.1) is 0 Å². The van der Waals surface area contributed by atoms with Gasteiger partial charge in [0.05, 0.1) is 0 Å². The van der Waals surface area contributed by atoms with Gasteiger partial charge in [0.25, 0.3) is 0 Å². The number of hydrogen-bond acceptors (Lipinski definition) is 2. The Morgan fingerprint density at radius 1 is 1.35 bits per heavy atom. The number of para-hydroxylation sites is 1. The third-order valence-electron chi connectivity index (χ3n) is 4.29. The summed E-state index contributed by atoms with van der Waals surface area (Å²) < 4.78 is 0. The molecular weight excluding hydrogens is 208 g/mol. The molecule has 0 saturated carbocycles. The fourth-order valence-electron chi connectivity index (χ4n) is 3.23. The summed E-state index contributed by atoms with van der Waals surface area (Å²) >= 11 is 0. The summed E-state index contributed by atoms with van der Waals surface area (Å²) in [5.74, 6) is 0.783. The van der Waals surface area contributed by atoms with Crippen molar-refractivity contribution in [2.24, 2.45) is 5.92 Å². The maximum absolute atomic E-state index is 3.57. The Morgan fingerprint density at radius 3 is 3.06 bits per heavy atom. The Hall–Kier alpha value is -1.02. The summed E-state index contributed by atoms with van der Waals surface area (Å²) in [7, 11) is 0. The lowest BCUT2D eigenvalue weighted by Gasteiger charge is -2.31. The van der Waals surface area contributed by atoms with Gasteiger partial charge >= 0.3 is 0 Å². The molecule has 0 aliphatic carbocycles. The first kappa shape index (κ1) is 11.1. The molecule has 2 atom stereocenters. The van der Waals surface area contributed by atoms with Gasteiger partial charge in [0.2, 0.25) is 0 Å². The maximum atomic E-state index is 3.57. The zero-order valence-electron chi connectivity index (χ0n) is 10.7. The zero-order chi connectivity index (χ0) is 11.7. The molecule has 2 aliphatic rings. The van der Waals surface area contributed by atoms with Crippen LogP contribution < -0.4 is 5.32 Å². The summed E-state index contributed by atoms with van der Waals surface area (Å²) in [5.41, 5.74) is 2.84. The highest BCUT2D eigenvalue weighted by molar-refractivity contribution is 5.53. The second kappa shape index (κ2) is 4.69. The SMILES string of the molecule is CC1CCCN1CC1CNc2ccccc2C1. The van der Waals surface area contributed by atoms with Gasteiger partial charge < -0.3 is 10.2 Å². The van der Waals surface area contributed by atoms with Gasteiger partial charge in [-0.1, -0.05) is 18.2 Å². The monoisotopic (exact) mass is 230 g/mol. The molecule has 17 heavy (non-hydrogen) atoms. The molecule has 2 aliphatic heterocycles. The number of fused-ring (bicyclic) bond motifs is 1. The van der Waals surface area contributed by atoms with Crippen LogP contribution in [0.15, 0.2) is 24.3 Å². The van der Waals surface area contributed by atoms with Gasteiger partial charge in [-0.05, 0) is 50.3 Å². The summed E-state index contributed by atoms with van der Waals surface area (Å²) in [6.45, 7) is 6.08. The van der Waals surface area contributed by atoms with E-state index in [1.165, 1.54) is 43.6 Å². The second-order valence-corrected chi connectivity index (χ2v) is 5.59. The van der Waals surface area contributed by atoms with Crippen molar-refractivity contribution in [3.63, 3.8) is 0 Å². The molecule has 1 aromatic carbocycles. The van der Waals surface area contributed by atoms with Crippen molar-refractivity contribution < 1.29 is 0 Å². The van der Waals surface area contributed by atoms with Crippen molar-refractivity contribution >= 4 is 5.69 Å². The van der Waals surface area contributed by atoms with Crippen molar-refractivity contribution in [3.8, 4) is 0 Å². The minimum atomic E-state index is 0.783. The highest BCUT2D eigenvalue weighted by atomic mass is 15.2. The first-order chi connectivity index (χ1) is 8.33. The molecule has 2 unspecified atom stereocenters. The number of rotatable bonds is 2. The first-order valence-corrected chi connectivity index (χ1v) is 6.89. The van der Waals surface area contributed by atoms with Crippen molar-refractivity contribution in [3.05, 3.63) is 29.8 Å². The fourth-order valence-corrected chi connectivity index (χ4v) is 3.23. The van der Waals surface area contributed by atoms with Crippen LogP contribution in [-0.4, -0.2) is 30.6 Å². The molecule has 2 heteroatoms. The average Bonchev–Trinajstić information content (AvgIpc) is 2.75. The predicted octanol–water partition coefficient (Wildman–Crippen LogP) is 2.76. The molecule has 2 heterocycles. The van der Waals surface area contributed by atoms with E-state index in [0.29, 0.717) is 0 Å². The van der Waals surface area contributed by atoms with E-state index in [1.54, 1.807) is 0 Å². The molecule has 0 amide bonds. The number of anilines is 1. The minimum Gasteiger partial charge on any atom is -0.384 e. The topological polar surface area (TPSA) is 15.3 Å². The number of benzene rings is 1. The van der Waals surface area contributed by atoms with E-state index in [0.717, 1.165) is 18.5 Å². The highest BCUT2D eigenvalue weighted by Crippen LogP contribution is 2.26. The fraction of sp³-hybridized carbons (Fsp3) is 0.600. The van der Waals surface area contributed by atoms with E-state index in [4.69, 9.17) is 0 Å². The smallest absolute Gasteiger partial charge is 0.0372 e. The quantitative estimate of drug-likeness (QED) is 0.840. The molecule has 3 rings (SSSR count). The van der Waals surface area contributed by atoms with Crippen LogP contribution in [0.25, 0.3) is 0 Å². The van der Waals surface area contributed by atoms with Crippen molar-refractivity contribution in [2.45, 2.75) is 32.2 Å². The summed E-state index contributed by atoms with van der Waals surface area (Å²) in [4.78, 5) is 2.67. The normalized spacial score (nSPS) is 28.8. The van der Waals surface area contributed by atoms with Crippen LogP contribution in [0, 0.1) is 5.92 Å². The van der Waals surface area contributed by atoms with Gasteiger partial charge in [0, 0.05) is 24.8 Å². The van der Waals surface area contributed by atoms with E-state index in [2.05, 4.69) is 41.4 Å². The van der Waals surface area contributed by atoms with Crippen molar-refractivity contribution in [1.29, 1.82) is 0 Å². The summed E-state index contributed by atoms with van der Waals surface area (Å²) in [5, 5.41) is 3.57. The maximum Gasteiger partial charge on any atom is 0.0372 e. The van der Waals surface area contributed by atoms with E-state index in [1.807, 2.05) is 0 Å². The average molecular weight is 230 g/mol. The number of nitrogens with one attached hydrogen (secondary N) is 1. The van der Waals surface area contributed by atoms with Crippen LogP contribution in [0.3, 0.4) is 0 Å². The molecule has 1 aromatic rings. The predicted molar refractivity (Wildman–Crippen MR) is 72.4 cm³/mol. The highest BCUT2D eigenvalue weighted by Gasteiger charge is 2.25. The van der Waals surface area contributed by atoms with E-state index in [9.17, 15) is 0 Å². The molecule has 1 saturated heterocycles. The molecule has 0 bridgehead atoms. The van der Waals surface area contributed by atoms with Crippen molar-refractivity contribution in [1.82, 2.24) is 4.90 Å². The van der Waals surface area contributed by atoms with Gasteiger partial charge in [0.15, 0.2) is 0 Å². The van der Waals surface area contributed by atoms with E-state index < -0.39 is 0 Å². The van der Waals surface area contributed by atoms with Gasteiger partial charge in [-0.25, -0.2) is 0 Å². The Kier molecular flexibility index (Phi) is 3.06. The Morgan fingerprint density at radius 2 is 2.24 bits per heavy atom. The van der Waals surface area contributed by atoms with Crippen LogP contribution in [-0.2, 0) is 6.42 Å². The lowest BCUT2D eigenvalue weighted by molar-refractivity contribution is 0.227. The third kappa shape index (κ3) is 2.32. The molecule has 0 aromatic heterocycles. The van der Waals surface area contributed by atoms with Crippen LogP contribution in [0.5, 0.6) is 0 Å². The third-order valence-corrected chi connectivity index (χ3v) is 4.29. The largest absolute Gasteiger partial charge is 0.384 e. The Labute approximate surface area is 104 Å². The van der Waals surface area contributed by atoms with Gasteiger partial charge in [-0.3, -0.25) is 0 Å². The molecule has 1 N–H and O–H groups in total. The Balaban J connectivity index is 1.64. The molecule has 2 nitrogen and oxygen atoms in total. The van der Waals surface area contributed by atoms with Crippen LogP contribution >= 0.6 is 0 Å². The van der Waals surface area contributed by atoms with Crippen LogP contribution in [0.4, 0.5) is 5.69 Å². The van der Waals surface area contributed by atoms with E-state index in [-0.39, 0.29) is 0 Å². The van der Waals surface area contributed by atoms with E-state index >= 15 is 0 Å². The van der Waals surface area contributed by atoms with Crippen LogP contribution in [0.1, 0.15) is 25.3 Å². The van der Waals surface area contributed by atoms with Crippen molar-refractivity contribution in [2.75, 3.05) is 25.0 Å². The second-order valence-electron chi connectivity index (χ2n) is 5.59. The lowest BCUT2D eigenvalue weighted by Crippen LogP contribution is -2.37. The molecule has 92 valence electrons. The van der Waals surface area contributed by atoms with Gasteiger partial charge in [0.1, 0.15) is 0 Å². The molecular formula is C15H22N2. The number of likely N-dealkylation sites (tertiary alicyclic amines) is 1. The minimum absolute atomic E-state index is 0.783. The number of hydrogen-bond donors (Lipinski definition) is 1. The zero-order valence-corrected chi connectivity index (χ0v) is 10.7. The lowest BCUT2D eigenvalue weighted by atomic mass is 9.93. The standard InChI is InChI=1S/C15H22N2/c1-12-5-4-8-17(12)11-13-9-14-6-2-3-7-15(14)16-10-13/h2-3,6-7,12-13,16H,4-5,8-11H2,1H3. The Bertz CT molecular complexity index is 388. The van der Waals surface area contributed by atoms with Crippen LogP contribution in [0.2, 0.25) is 0 Å².